The number of carbonyl (C=O) groups is 1. The Hall–Kier alpha value is -2.83. The molecule has 7 nitrogen and oxygen atoms in total. The number of nitrogens with one attached hydrogen (secondary N) is 3. The third-order valence-corrected chi connectivity index (χ3v) is 2.44. The normalized spacial score (nSPS) is 9.95. The first-order valence-corrected chi connectivity index (χ1v) is 5.49. The van der Waals surface area contributed by atoms with E-state index in [9.17, 15) is 14.4 Å². The molecule has 0 bridgehead atoms. The first-order chi connectivity index (χ1) is 9.06. The van der Waals surface area contributed by atoms with Crippen LogP contribution in [-0.2, 0) is 7.05 Å². The molecule has 0 unspecified atom stereocenters. The zero-order valence-corrected chi connectivity index (χ0v) is 10.1. The number of para-hydroxylation sites is 1. The SMILES string of the molecule is Cn1c(NC(=O)Nc2ccccc2)cc(=O)[nH]c1=O. The lowest BCUT2D eigenvalue weighted by molar-refractivity contribution is 0.262. The van der Waals surface area contributed by atoms with Gasteiger partial charge >= 0.3 is 11.7 Å². The van der Waals surface area contributed by atoms with Gasteiger partial charge in [-0.3, -0.25) is 19.7 Å². The number of aromatic nitrogens is 2. The van der Waals surface area contributed by atoms with Gasteiger partial charge in [0, 0.05) is 18.8 Å². The van der Waals surface area contributed by atoms with Crippen molar-refractivity contribution in [1.82, 2.24) is 9.55 Å². The Balaban J connectivity index is 2.16. The molecule has 0 aliphatic heterocycles. The molecule has 1 heterocycles. The highest BCUT2D eigenvalue weighted by Gasteiger charge is 2.06. The summed E-state index contributed by atoms with van der Waals surface area (Å²) in [5, 5.41) is 5.01. The van der Waals surface area contributed by atoms with E-state index in [0.29, 0.717) is 5.69 Å². The van der Waals surface area contributed by atoms with Gasteiger partial charge in [0.25, 0.3) is 5.56 Å². The summed E-state index contributed by atoms with van der Waals surface area (Å²) in [4.78, 5) is 36.3. The fourth-order valence-corrected chi connectivity index (χ4v) is 1.48. The number of amides is 2. The summed E-state index contributed by atoms with van der Waals surface area (Å²) in [5.41, 5.74) is -0.560. The maximum absolute atomic E-state index is 11.7. The summed E-state index contributed by atoms with van der Waals surface area (Å²) in [6.07, 6.45) is 0. The number of H-pyrrole nitrogens is 1. The van der Waals surface area contributed by atoms with Crippen molar-refractivity contribution >= 4 is 17.5 Å². The Kier molecular flexibility index (Phi) is 3.46. The topological polar surface area (TPSA) is 96.0 Å². The van der Waals surface area contributed by atoms with Gasteiger partial charge in [0.2, 0.25) is 0 Å². The van der Waals surface area contributed by atoms with Crippen LogP contribution in [0.25, 0.3) is 0 Å². The third-order valence-electron chi connectivity index (χ3n) is 2.44. The highest BCUT2D eigenvalue weighted by atomic mass is 16.2. The summed E-state index contributed by atoms with van der Waals surface area (Å²) in [5.74, 6) is 0.113. The number of rotatable bonds is 2. The summed E-state index contributed by atoms with van der Waals surface area (Å²) >= 11 is 0. The van der Waals surface area contributed by atoms with Crippen LogP contribution in [0.1, 0.15) is 0 Å². The van der Waals surface area contributed by atoms with Gasteiger partial charge in [0.05, 0.1) is 0 Å². The molecule has 2 rings (SSSR count). The molecule has 1 aromatic carbocycles. The molecule has 0 fully saturated rings. The molecule has 2 amide bonds. The van der Waals surface area contributed by atoms with Crippen LogP contribution in [0.3, 0.4) is 0 Å². The second kappa shape index (κ2) is 5.21. The van der Waals surface area contributed by atoms with Crippen LogP contribution in [0.4, 0.5) is 16.3 Å². The fourth-order valence-electron chi connectivity index (χ4n) is 1.48. The van der Waals surface area contributed by atoms with E-state index in [1.54, 1.807) is 24.3 Å². The summed E-state index contributed by atoms with van der Waals surface area (Å²) in [7, 11) is 1.44. The second-order valence-electron chi connectivity index (χ2n) is 3.83. The van der Waals surface area contributed by atoms with E-state index in [1.807, 2.05) is 6.07 Å². The summed E-state index contributed by atoms with van der Waals surface area (Å²) in [6, 6.07) is 9.41. The minimum atomic E-state index is -0.595. The van der Waals surface area contributed by atoms with Gasteiger partial charge in [-0.25, -0.2) is 9.59 Å². The number of hydrogen-bond donors (Lipinski definition) is 3. The molecule has 2 aromatic rings. The standard InChI is InChI=1S/C12H12N4O3/c1-16-9(7-10(17)15-12(16)19)14-11(18)13-8-5-3-2-4-6-8/h2-7H,1H3,(H2,13,14,18)(H,15,17,19). The highest BCUT2D eigenvalue weighted by Crippen LogP contribution is 2.06. The van der Waals surface area contributed by atoms with Crippen molar-refractivity contribution in [3.05, 3.63) is 57.2 Å². The lowest BCUT2D eigenvalue weighted by Crippen LogP contribution is -2.32. The number of benzene rings is 1. The minimum absolute atomic E-state index is 0.113. The molecule has 98 valence electrons. The van der Waals surface area contributed by atoms with Crippen molar-refractivity contribution in [2.45, 2.75) is 0 Å². The van der Waals surface area contributed by atoms with Crippen LogP contribution in [0.5, 0.6) is 0 Å². The van der Waals surface area contributed by atoms with Crippen LogP contribution in [0, 0.1) is 0 Å². The van der Waals surface area contributed by atoms with Crippen LogP contribution >= 0.6 is 0 Å². The first-order valence-electron chi connectivity index (χ1n) is 5.49. The summed E-state index contributed by atoms with van der Waals surface area (Å²) in [6.45, 7) is 0. The van der Waals surface area contributed by atoms with Gasteiger partial charge in [-0.2, -0.15) is 0 Å². The van der Waals surface area contributed by atoms with Crippen molar-refractivity contribution in [3.8, 4) is 0 Å². The average molecular weight is 260 g/mol. The van der Waals surface area contributed by atoms with E-state index in [4.69, 9.17) is 0 Å². The molecule has 0 spiro atoms. The molecular formula is C12H12N4O3. The predicted molar refractivity (Wildman–Crippen MR) is 71.4 cm³/mol. The number of urea groups is 1. The van der Waals surface area contributed by atoms with Crippen molar-refractivity contribution < 1.29 is 4.79 Å². The molecule has 0 radical (unpaired) electrons. The zero-order valence-electron chi connectivity index (χ0n) is 10.1. The number of anilines is 2. The average Bonchev–Trinajstić information content (AvgIpc) is 2.36. The number of hydrogen-bond acceptors (Lipinski definition) is 3. The Bertz CT molecular complexity index is 703. The van der Waals surface area contributed by atoms with E-state index < -0.39 is 17.3 Å². The zero-order chi connectivity index (χ0) is 13.8. The number of nitrogens with zero attached hydrogens (tertiary/aromatic N) is 1. The molecule has 19 heavy (non-hydrogen) atoms. The molecule has 0 saturated heterocycles. The van der Waals surface area contributed by atoms with Crippen molar-refractivity contribution in [3.63, 3.8) is 0 Å². The molecule has 0 atom stereocenters. The largest absolute Gasteiger partial charge is 0.329 e. The lowest BCUT2D eigenvalue weighted by Gasteiger charge is -2.09. The van der Waals surface area contributed by atoms with Crippen LogP contribution in [0.15, 0.2) is 46.0 Å². The Morgan fingerprint density at radius 2 is 1.84 bits per heavy atom. The third kappa shape index (κ3) is 3.09. The quantitative estimate of drug-likeness (QED) is 0.742. The van der Waals surface area contributed by atoms with Crippen molar-refractivity contribution in [2.75, 3.05) is 10.6 Å². The second-order valence-corrected chi connectivity index (χ2v) is 3.83. The lowest BCUT2D eigenvalue weighted by atomic mass is 10.3. The molecule has 0 aliphatic rings. The monoisotopic (exact) mass is 260 g/mol. The molecule has 7 heteroatoms. The van der Waals surface area contributed by atoms with Gasteiger partial charge in [-0.05, 0) is 12.1 Å². The minimum Gasteiger partial charge on any atom is -0.308 e. The first kappa shape index (κ1) is 12.6. The highest BCUT2D eigenvalue weighted by molar-refractivity contribution is 5.99. The molecule has 0 aliphatic carbocycles. The molecular weight excluding hydrogens is 248 g/mol. The summed E-state index contributed by atoms with van der Waals surface area (Å²) < 4.78 is 1.13. The smallest absolute Gasteiger partial charge is 0.308 e. The Morgan fingerprint density at radius 3 is 2.53 bits per heavy atom. The van der Waals surface area contributed by atoms with Gasteiger partial charge in [-0.1, -0.05) is 18.2 Å². The van der Waals surface area contributed by atoms with E-state index in [0.717, 1.165) is 10.6 Å². The van der Waals surface area contributed by atoms with Crippen LogP contribution in [-0.4, -0.2) is 15.6 Å². The molecule has 0 saturated carbocycles. The van der Waals surface area contributed by atoms with Gasteiger partial charge in [0.15, 0.2) is 0 Å². The van der Waals surface area contributed by atoms with E-state index in [2.05, 4.69) is 15.6 Å². The maximum Gasteiger partial charge on any atom is 0.329 e. The van der Waals surface area contributed by atoms with E-state index in [1.165, 1.54) is 7.05 Å². The predicted octanol–water partition coefficient (Wildman–Crippen LogP) is 0.718. The van der Waals surface area contributed by atoms with Crippen molar-refractivity contribution in [1.29, 1.82) is 0 Å². The van der Waals surface area contributed by atoms with Gasteiger partial charge in [0.1, 0.15) is 5.82 Å². The van der Waals surface area contributed by atoms with Crippen LogP contribution in [0.2, 0.25) is 0 Å². The maximum atomic E-state index is 11.7. The fraction of sp³-hybridized carbons (Fsp3) is 0.0833. The van der Waals surface area contributed by atoms with E-state index >= 15 is 0 Å². The van der Waals surface area contributed by atoms with Crippen LogP contribution < -0.4 is 21.9 Å². The molecule has 3 N–H and O–H groups in total. The Labute approximate surface area is 107 Å². The van der Waals surface area contributed by atoms with E-state index in [-0.39, 0.29) is 5.82 Å². The Morgan fingerprint density at radius 1 is 1.16 bits per heavy atom. The van der Waals surface area contributed by atoms with Gasteiger partial charge < -0.3 is 5.32 Å². The molecule has 1 aromatic heterocycles. The number of carbonyl (C=O) groups excluding carboxylic acids is 1. The van der Waals surface area contributed by atoms with Crippen molar-refractivity contribution in [2.24, 2.45) is 7.05 Å². The number of aromatic amines is 1. The van der Waals surface area contributed by atoms with Gasteiger partial charge in [-0.15, -0.1) is 0 Å².